The van der Waals surface area contributed by atoms with Gasteiger partial charge in [0.1, 0.15) is 12.4 Å². The van der Waals surface area contributed by atoms with E-state index in [1.54, 1.807) is 0 Å². The van der Waals surface area contributed by atoms with E-state index in [0.29, 0.717) is 19.6 Å². The van der Waals surface area contributed by atoms with Gasteiger partial charge in [-0.1, -0.05) is 119 Å². The lowest BCUT2D eigenvalue weighted by Gasteiger charge is -2.25. The van der Waals surface area contributed by atoms with Gasteiger partial charge in [0.2, 0.25) is 0 Å². The molecular weight excluding hydrogens is 551 g/mol. The Labute approximate surface area is 261 Å². The van der Waals surface area contributed by atoms with Crippen molar-refractivity contribution in [3.05, 3.63) is 137 Å². The molecular formula is C37H45FN4O2. The van der Waals surface area contributed by atoms with Gasteiger partial charge in [-0.25, -0.2) is 11.0 Å². The Hall–Kier alpha value is -4.46. The maximum atomic E-state index is 11.9. The summed E-state index contributed by atoms with van der Waals surface area (Å²) in [7, 11) is 0. The largest absolute Gasteiger partial charge is 0.489 e. The van der Waals surface area contributed by atoms with E-state index in [1.807, 2.05) is 64.1 Å². The smallest absolute Gasteiger partial charge is 0.152 e. The molecule has 0 aromatic heterocycles. The fourth-order valence-electron chi connectivity index (χ4n) is 4.99. The molecule has 44 heavy (non-hydrogen) atoms. The minimum Gasteiger partial charge on any atom is -0.489 e. The second-order valence-corrected chi connectivity index (χ2v) is 9.71. The van der Waals surface area contributed by atoms with Crippen LogP contribution in [0.15, 0.2) is 108 Å². The number of hydrogen-bond acceptors (Lipinski definition) is 5. The van der Waals surface area contributed by atoms with Gasteiger partial charge in [-0.15, -0.1) is 5.10 Å². The van der Waals surface area contributed by atoms with Crippen molar-refractivity contribution in [1.29, 1.82) is 0 Å². The van der Waals surface area contributed by atoms with Gasteiger partial charge in [-0.3, -0.25) is 0 Å². The summed E-state index contributed by atoms with van der Waals surface area (Å²) < 4.78 is 18.0. The van der Waals surface area contributed by atoms with Gasteiger partial charge in [0.15, 0.2) is 5.84 Å². The topological polar surface area (TPSA) is 86.1 Å². The van der Waals surface area contributed by atoms with Crippen LogP contribution in [0.1, 0.15) is 73.9 Å². The third-order valence-corrected chi connectivity index (χ3v) is 6.98. The van der Waals surface area contributed by atoms with Crippen LogP contribution in [0, 0.1) is 0 Å². The first-order chi connectivity index (χ1) is 21.6. The normalized spacial score (nSPS) is 12.3. The zero-order valence-corrected chi connectivity index (χ0v) is 26.3. The molecule has 0 aliphatic heterocycles. The summed E-state index contributed by atoms with van der Waals surface area (Å²) in [6, 6.07) is 35.2. The van der Waals surface area contributed by atoms with E-state index in [9.17, 15) is 4.53 Å². The molecule has 0 atom stereocenters. The van der Waals surface area contributed by atoms with Crippen LogP contribution in [0.2, 0.25) is 0 Å². The van der Waals surface area contributed by atoms with Crippen LogP contribution in [-0.4, -0.2) is 24.1 Å². The van der Waals surface area contributed by atoms with E-state index in [2.05, 4.69) is 76.8 Å². The van der Waals surface area contributed by atoms with Crippen LogP contribution in [0.4, 0.5) is 4.53 Å². The van der Waals surface area contributed by atoms with Gasteiger partial charge in [0, 0.05) is 5.56 Å². The van der Waals surface area contributed by atoms with Crippen LogP contribution in [0.3, 0.4) is 0 Å². The van der Waals surface area contributed by atoms with Crippen molar-refractivity contribution in [3.8, 4) is 5.75 Å². The standard InChI is InChI=1S/C33H33FN4O2.2C2H6/c34-40-21-7-20-38(36)37-33(35)27-14-12-26(13-15-27)32-30(25-10-5-2-6-11-25)18-16-28-22-29(17-19-31(28)32)39-23-24-8-3-1-4-9-24;2*1-2/h1-6,8-15,17,19,22H,7,16,18,20-21,23,36H2,(H2,35,37);2*1-2H3. The maximum absolute atomic E-state index is 11.9. The molecule has 4 N–H and O–H groups in total. The quantitative estimate of drug-likeness (QED) is 0.0598. The van der Waals surface area contributed by atoms with Crippen molar-refractivity contribution in [2.75, 3.05) is 13.2 Å². The number of fused-ring (bicyclic) bond motifs is 1. The minimum absolute atomic E-state index is 0.0429. The number of hydrazine groups is 1. The molecule has 1 aliphatic rings. The second-order valence-electron chi connectivity index (χ2n) is 9.71. The number of nitrogens with two attached hydrogens (primary N) is 2. The highest BCUT2D eigenvalue weighted by molar-refractivity contribution is 6.02. The number of nitrogens with zero attached hydrogens (tertiary/aromatic N) is 2. The summed E-state index contributed by atoms with van der Waals surface area (Å²) in [5, 5.41) is 5.41. The third-order valence-electron chi connectivity index (χ3n) is 6.98. The highest BCUT2D eigenvalue weighted by Gasteiger charge is 2.22. The van der Waals surface area contributed by atoms with Gasteiger partial charge in [0.25, 0.3) is 0 Å². The van der Waals surface area contributed by atoms with Crippen LogP contribution in [0.5, 0.6) is 5.75 Å². The number of halogens is 1. The first-order valence-corrected chi connectivity index (χ1v) is 15.4. The summed E-state index contributed by atoms with van der Waals surface area (Å²) in [6.45, 7) is 8.81. The van der Waals surface area contributed by atoms with E-state index in [1.165, 1.54) is 33.0 Å². The van der Waals surface area contributed by atoms with E-state index in [-0.39, 0.29) is 12.4 Å². The Morgan fingerprint density at radius 2 is 1.48 bits per heavy atom. The Morgan fingerprint density at radius 3 is 2.14 bits per heavy atom. The second kappa shape index (κ2) is 18.3. The third kappa shape index (κ3) is 9.27. The Morgan fingerprint density at radius 1 is 0.818 bits per heavy atom. The zero-order chi connectivity index (χ0) is 31.7. The zero-order valence-electron chi connectivity index (χ0n) is 26.3. The number of rotatable bonds is 11. The number of ether oxygens (including phenoxy) is 1. The molecule has 6 nitrogen and oxygen atoms in total. The molecule has 0 amide bonds. The van der Waals surface area contributed by atoms with E-state index in [4.69, 9.17) is 16.3 Å². The number of aryl methyl sites for hydroxylation is 1. The van der Waals surface area contributed by atoms with E-state index < -0.39 is 0 Å². The first kappa shape index (κ1) is 34.0. The highest BCUT2D eigenvalue weighted by atomic mass is 19.3. The summed E-state index contributed by atoms with van der Waals surface area (Å²) in [5.41, 5.74) is 15.4. The fourth-order valence-corrected chi connectivity index (χ4v) is 4.99. The molecule has 1 aliphatic carbocycles. The van der Waals surface area contributed by atoms with Gasteiger partial charge in [-0.2, -0.15) is 4.94 Å². The summed E-state index contributed by atoms with van der Waals surface area (Å²) in [4.78, 5) is 3.58. The molecule has 0 unspecified atom stereocenters. The predicted molar refractivity (Wildman–Crippen MR) is 180 cm³/mol. The fraction of sp³-hybridized carbons (Fsp3) is 0.270. The van der Waals surface area contributed by atoms with Crippen molar-refractivity contribution in [1.82, 2.24) is 5.12 Å². The minimum atomic E-state index is -0.0429. The Balaban J connectivity index is 0.00000127. The average molecular weight is 597 g/mol. The Kier molecular flexibility index (Phi) is 14.1. The summed E-state index contributed by atoms with van der Waals surface area (Å²) in [6.07, 6.45) is 2.26. The van der Waals surface area contributed by atoms with E-state index >= 15 is 0 Å². The van der Waals surface area contributed by atoms with E-state index in [0.717, 1.165) is 35.3 Å². The molecule has 232 valence electrons. The molecule has 0 saturated carbocycles. The number of benzene rings is 4. The van der Waals surface area contributed by atoms with Gasteiger partial charge in [-0.05, 0) is 74.9 Å². The van der Waals surface area contributed by atoms with Crippen molar-refractivity contribution in [2.24, 2.45) is 16.7 Å². The molecule has 0 radical (unpaired) electrons. The molecule has 0 heterocycles. The maximum Gasteiger partial charge on any atom is 0.152 e. The predicted octanol–water partition coefficient (Wildman–Crippen LogP) is 8.31. The molecule has 0 spiro atoms. The highest BCUT2D eigenvalue weighted by Crippen LogP contribution is 2.41. The molecule has 0 fully saturated rings. The molecule has 5 rings (SSSR count). The van der Waals surface area contributed by atoms with Crippen LogP contribution in [0.25, 0.3) is 11.1 Å². The van der Waals surface area contributed by atoms with Crippen LogP contribution in [-0.2, 0) is 18.0 Å². The van der Waals surface area contributed by atoms with Crippen molar-refractivity contribution in [3.63, 3.8) is 0 Å². The monoisotopic (exact) mass is 596 g/mol. The molecule has 7 heteroatoms. The Bertz CT molecular complexity index is 1470. The van der Waals surface area contributed by atoms with Crippen molar-refractivity contribution < 1.29 is 14.2 Å². The van der Waals surface area contributed by atoms with Crippen LogP contribution >= 0.6 is 0 Å². The number of hydrazone groups is 1. The molecule has 4 aromatic rings. The SMILES string of the molecule is CC.CC.N/C(=N\N(N)CCCOF)c1ccc(C2=C(c3ccccc3)CCc3cc(OCc4ccccc4)ccc32)cc1. The molecule has 0 bridgehead atoms. The lowest BCUT2D eigenvalue weighted by Crippen LogP contribution is -2.30. The van der Waals surface area contributed by atoms with Gasteiger partial charge < -0.3 is 10.5 Å². The molecule has 0 saturated heterocycles. The molecule has 4 aromatic carbocycles. The number of hydrogen-bond donors (Lipinski definition) is 2. The van der Waals surface area contributed by atoms with Gasteiger partial charge >= 0.3 is 0 Å². The average Bonchev–Trinajstić information content (AvgIpc) is 3.09. The lowest BCUT2D eigenvalue weighted by atomic mass is 9.79. The first-order valence-electron chi connectivity index (χ1n) is 15.4. The number of allylic oxidation sites excluding steroid dienone is 1. The van der Waals surface area contributed by atoms with Crippen LogP contribution < -0.4 is 16.3 Å². The van der Waals surface area contributed by atoms with Gasteiger partial charge in [0.05, 0.1) is 13.2 Å². The summed E-state index contributed by atoms with van der Waals surface area (Å²) in [5.74, 6) is 7.03. The van der Waals surface area contributed by atoms with Crippen molar-refractivity contribution >= 4 is 17.0 Å². The van der Waals surface area contributed by atoms with Crippen molar-refractivity contribution in [2.45, 2.75) is 53.6 Å². The summed E-state index contributed by atoms with van der Waals surface area (Å²) >= 11 is 0. The lowest BCUT2D eigenvalue weighted by molar-refractivity contribution is -0.133. The number of amidine groups is 1.